The fourth-order valence-electron chi connectivity index (χ4n) is 4.30. The van der Waals surface area contributed by atoms with E-state index in [0.717, 1.165) is 12.0 Å². The number of rotatable bonds is 9. The summed E-state index contributed by atoms with van der Waals surface area (Å²) < 4.78 is 11.1. The van der Waals surface area contributed by atoms with E-state index in [2.05, 4.69) is 25.2 Å². The molecule has 2 fully saturated rings. The Labute approximate surface area is 183 Å². The fraction of sp³-hybridized carbons (Fsp3) is 0.652. The molecule has 2 heterocycles. The first-order chi connectivity index (χ1) is 14.3. The van der Waals surface area contributed by atoms with E-state index < -0.39 is 30.1 Å². The molecule has 30 heavy (non-hydrogen) atoms. The van der Waals surface area contributed by atoms with Gasteiger partial charge in [-0.3, -0.25) is 9.59 Å². The Morgan fingerprint density at radius 2 is 2.17 bits per heavy atom. The van der Waals surface area contributed by atoms with Crippen molar-refractivity contribution >= 4 is 23.3 Å². The summed E-state index contributed by atoms with van der Waals surface area (Å²) in [5.41, 5.74) is 0.0577. The molecule has 0 saturated carbocycles. The molecule has 0 aromatic rings. The standard InChI is InChI=1S/C23H32ClNO5/c1-4-5-6-7-8-14(2)11-15(3)9-10-18(26)25-17-13-23(30-22(17)28)12-16(24)19(27)20-21(23)29-20/h9-12,14,17,20-22,28H,4-8,13H2,1-3H3,(H,25,26)/b10-9+,15-11+/t14-,17+,20-,21-,22-,23-/m1/s1. The van der Waals surface area contributed by atoms with Crippen LogP contribution in [0.1, 0.15) is 59.3 Å². The number of nitrogens with one attached hydrogen (secondary N) is 1. The lowest BCUT2D eigenvalue weighted by Gasteiger charge is -2.25. The highest BCUT2D eigenvalue weighted by atomic mass is 35.5. The van der Waals surface area contributed by atoms with Gasteiger partial charge in [0.25, 0.3) is 0 Å². The van der Waals surface area contributed by atoms with Crippen LogP contribution >= 0.6 is 11.6 Å². The normalized spacial score (nSPS) is 34.2. The molecule has 6 atom stereocenters. The molecule has 0 unspecified atom stereocenters. The van der Waals surface area contributed by atoms with Gasteiger partial charge in [0.1, 0.15) is 11.7 Å². The maximum Gasteiger partial charge on any atom is 0.244 e. The summed E-state index contributed by atoms with van der Waals surface area (Å²) in [7, 11) is 0. The minimum atomic E-state index is -1.19. The van der Waals surface area contributed by atoms with Gasteiger partial charge < -0.3 is 19.9 Å². The zero-order valence-electron chi connectivity index (χ0n) is 17.9. The number of Topliss-reactive ketones (excluding diaryl/α,β-unsaturated/α-hetero) is 1. The van der Waals surface area contributed by atoms with Gasteiger partial charge >= 0.3 is 0 Å². The van der Waals surface area contributed by atoms with Gasteiger partial charge in [-0.1, -0.05) is 68.9 Å². The second kappa shape index (κ2) is 9.77. The molecule has 1 spiro atoms. The Morgan fingerprint density at radius 1 is 1.40 bits per heavy atom. The first-order valence-electron chi connectivity index (χ1n) is 10.9. The number of aliphatic hydroxyl groups excluding tert-OH is 1. The minimum absolute atomic E-state index is 0.0531. The van der Waals surface area contributed by atoms with Crippen molar-refractivity contribution in [2.75, 3.05) is 0 Å². The summed E-state index contributed by atoms with van der Waals surface area (Å²) in [4.78, 5) is 24.2. The zero-order valence-corrected chi connectivity index (χ0v) is 18.7. The van der Waals surface area contributed by atoms with Crippen LogP contribution in [0.25, 0.3) is 0 Å². The largest absolute Gasteiger partial charge is 0.366 e. The number of amides is 1. The van der Waals surface area contributed by atoms with E-state index in [1.54, 1.807) is 6.08 Å². The molecule has 166 valence electrons. The number of fused-ring (bicyclic) bond motifs is 2. The van der Waals surface area contributed by atoms with Crippen LogP contribution in [0.3, 0.4) is 0 Å². The molecule has 0 aromatic carbocycles. The number of epoxide rings is 1. The van der Waals surface area contributed by atoms with Crippen molar-refractivity contribution in [1.29, 1.82) is 0 Å². The monoisotopic (exact) mass is 437 g/mol. The molecule has 7 heteroatoms. The molecule has 2 aliphatic heterocycles. The van der Waals surface area contributed by atoms with E-state index in [4.69, 9.17) is 21.1 Å². The first kappa shape index (κ1) is 23.2. The number of unbranched alkanes of at least 4 members (excludes halogenated alkanes) is 3. The minimum Gasteiger partial charge on any atom is -0.366 e. The summed E-state index contributed by atoms with van der Waals surface area (Å²) in [6.45, 7) is 6.37. The predicted molar refractivity (Wildman–Crippen MR) is 115 cm³/mol. The molecule has 2 N–H and O–H groups in total. The average molecular weight is 438 g/mol. The highest BCUT2D eigenvalue weighted by Crippen LogP contribution is 2.49. The van der Waals surface area contributed by atoms with Gasteiger partial charge in [-0.15, -0.1) is 0 Å². The highest BCUT2D eigenvalue weighted by Gasteiger charge is 2.65. The smallest absolute Gasteiger partial charge is 0.244 e. The van der Waals surface area contributed by atoms with Crippen LogP contribution in [0.2, 0.25) is 0 Å². The molecular weight excluding hydrogens is 406 g/mol. The Hall–Kier alpha value is -1.47. The molecule has 3 aliphatic rings. The molecule has 2 saturated heterocycles. The predicted octanol–water partition coefficient (Wildman–Crippen LogP) is 3.53. The van der Waals surface area contributed by atoms with Crippen LogP contribution in [-0.2, 0) is 19.1 Å². The van der Waals surface area contributed by atoms with Crippen molar-refractivity contribution in [2.24, 2.45) is 5.92 Å². The molecule has 0 bridgehead atoms. The summed E-state index contributed by atoms with van der Waals surface area (Å²) in [5.74, 6) is -0.0996. The van der Waals surface area contributed by atoms with Gasteiger partial charge in [-0.25, -0.2) is 0 Å². The number of ether oxygens (including phenoxy) is 2. The third-order valence-corrected chi connectivity index (χ3v) is 6.24. The van der Waals surface area contributed by atoms with E-state index in [9.17, 15) is 14.7 Å². The fourth-order valence-corrected chi connectivity index (χ4v) is 4.60. The Morgan fingerprint density at radius 3 is 2.90 bits per heavy atom. The summed E-state index contributed by atoms with van der Waals surface area (Å²) in [6.07, 6.45) is 11.1. The quantitative estimate of drug-likeness (QED) is 0.249. The van der Waals surface area contributed by atoms with Crippen molar-refractivity contribution < 1.29 is 24.2 Å². The Balaban J connectivity index is 1.50. The second-order valence-electron chi connectivity index (χ2n) is 8.69. The van der Waals surface area contributed by atoms with Crippen LogP contribution < -0.4 is 5.32 Å². The van der Waals surface area contributed by atoms with E-state index in [-0.39, 0.29) is 16.7 Å². The molecule has 6 nitrogen and oxygen atoms in total. The summed E-state index contributed by atoms with van der Waals surface area (Å²) in [5, 5.41) is 13.1. The van der Waals surface area contributed by atoms with Crippen LogP contribution in [0.4, 0.5) is 0 Å². The van der Waals surface area contributed by atoms with E-state index in [0.29, 0.717) is 12.3 Å². The lowest BCUT2D eigenvalue weighted by molar-refractivity contribution is -0.137. The zero-order chi connectivity index (χ0) is 21.9. The van der Waals surface area contributed by atoms with Gasteiger partial charge in [0.05, 0.1) is 11.1 Å². The van der Waals surface area contributed by atoms with Crippen molar-refractivity contribution in [3.8, 4) is 0 Å². The molecule has 1 amide bonds. The van der Waals surface area contributed by atoms with E-state index in [1.807, 2.05) is 6.92 Å². The molecule has 0 aromatic heterocycles. The van der Waals surface area contributed by atoms with Gasteiger partial charge in [0, 0.05) is 12.5 Å². The van der Waals surface area contributed by atoms with Crippen molar-refractivity contribution in [3.63, 3.8) is 0 Å². The molecular formula is C23H32ClNO5. The molecule has 1 aliphatic carbocycles. The van der Waals surface area contributed by atoms with Gasteiger partial charge in [-0.05, 0) is 25.3 Å². The lowest BCUT2D eigenvalue weighted by Crippen LogP contribution is -2.41. The first-order valence-corrected chi connectivity index (χ1v) is 11.2. The van der Waals surface area contributed by atoms with Gasteiger partial charge in [-0.2, -0.15) is 0 Å². The van der Waals surface area contributed by atoms with E-state index in [1.165, 1.54) is 37.8 Å². The average Bonchev–Trinajstić information content (AvgIpc) is 3.44. The van der Waals surface area contributed by atoms with Crippen LogP contribution in [-0.4, -0.2) is 46.9 Å². The Kier molecular flexibility index (Phi) is 7.56. The number of hydrogen-bond acceptors (Lipinski definition) is 5. The van der Waals surface area contributed by atoms with Gasteiger partial charge in [0.15, 0.2) is 12.4 Å². The summed E-state index contributed by atoms with van der Waals surface area (Å²) >= 11 is 6.00. The lowest BCUT2D eigenvalue weighted by atomic mass is 9.86. The van der Waals surface area contributed by atoms with Crippen LogP contribution in [0, 0.1) is 5.92 Å². The number of hydrogen-bond donors (Lipinski definition) is 2. The third kappa shape index (κ3) is 5.41. The Bertz CT molecular complexity index is 761. The second-order valence-corrected chi connectivity index (χ2v) is 9.09. The van der Waals surface area contributed by atoms with Crippen LogP contribution in [0.5, 0.6) is 0 Å². The van der Waals surface area contributed by atoms with E-state index >= 15 is 0 Å². The number of ketones is 1. The maximum atomic E-state index is 12.3. The molecule has 0 radical (unpaired) electrons. The number of aliphatic hydroxyl groups is 1. The maximum absolute atomic E-state index is 12.3. The number of allylic oxidation sites excluding steroid dienone is 3. The molecule has 3 rings (SSSR count). The summed E-state index contributed by atoms with van der Waals surface area (Å²) in [6, 6.07) is -0.609. The van der Waals surface area contributed by atoms with Crippen molar-refractivity contribution in [3.05, 3.63) is 34.9 Å². The van der Waals surface area contributed by atoms with Crippen molar-refractivity contribution in [1.82, 2.24) is 5.32 Å². The number of halogens is 1. The third-order valence-electron chi connectivity index (χ3n) is 5.95. The highest BCUT2D eigenvalue weighted by molar-refractivity contribution is 6.43. The SMILES string of the molecule is CCCCCC[C@@H](C)/C=C(C)/C=C/C(=O)N[C@H]1C[C@@]2(C=C(Cl)C(=O)[C@H]3O[C@H]32)O[C@H]1O. The van der Waals surface area contributed by atoms with Gasteiger partial charge in [0.2, 0.25) is 11.7 Å². The van der Waals surface area contributed by atoms with Crippen molar-refractivity contribution in [2.45, 2.75) is 89.4 Å². The topological polar surface area (TPSA) is 88.2 Å². The number of carbonyl (C=O) groups is 2. The number of carbonyl (C=O) groups excluding carboxylic acids is 2. The van der Waals surface area contributed by atoms with Crippen LogP contribution in [0.15, 0.2) is 34.9 Å².